The number of carbonyl (C=O) groups excluding carboxylic acids is 1. The van der Waals surface area contributed by atoms with Crippen molar-refractivity contribution < 1.29 is 9.53 Å². The Morgan fingerprint density at radius 3 is 2.61 bits per heavy atom. The van der Waals surface area contributed by atoms with Crippen molar-refractivity contribution in [1.29, 1.82) is 0 Å². The van der Waals surface area contributed by atoms with Gasteiger partial charge in [-0.15, -0.1) is 0 Å². The highest BCUT2D eigenvalue weighted by atomic mass is 127. The molecule has 0 spiro atoms. The average molecular weight is 361 g/mol. The van der Waals surface area contributed by atoms with Crippen LogP contribution < -0.4 is 10.1 Å². The molecule has 1 aromatic carbocycles. The number of rotatable bonds is 6. The molecular weight excluding hydrogens is 341 g/mol. The molecule has 3 nitrogen and oxygen atoms in total. The first-order chi connectivity index (χ1) is 8.56. The highest BCUT2D eigenvalue weighted by Crippen LogP contribution is 2.16. The normalized spacial score (nSPS) is 12.3. The molecule has 1 N–H and O–H groups in total. The molecule has 0 aliphatic rings. The number of ether oxygens (including phenoxy) is 1. The fraction of sp³-hybridized carbons (Fsp3) is 0.500. The van der Waals surface area contributed by atoms with Crippen LogP contribution in [0.15, 0.2) is 24.3 Å². The van der Waals surface area contributed by atoms with Crippen LogP contribution in [0.5, 0.6) is 5.75 Å². The summed E-state index contributed by atoms with van der Waals surface area (Å²) in [6.45, 7) is 5.91. The SMILES string of the molecule is CCC(CC)NC(=O)C(C)Oc1cccc(I)c1. The van der Waals surface area contributed by atoms with E-state index in [1.165, 1.54) is 0 Å². The van der Waals surface area contributed by atoms with Crippen molar-refractivity contribution in [2.75, 3.05) is 0 Å². The third kappa shape index (κ3) is 4.84. The van der Waals surface area contributed by atoms with Gasteiger partial charge in [-0.05, 0) is 60.6 Å². The van der Waals surface area contributed by atoms with Gasteiger partial charge in [-0.1, -0.05) is 19.9 Å². The summed E-state index contributed by atoms with van der Waals surface area (Å²) in [4.78, 5) is 11.9. The summed E-state index contributed by atoms with van der Waals surface area (Å²) in [6, 6.07) is 7.93. The molecule has 0 bridgehead atoms. The van der Waals surface area contributed by atoms with Gasteiger partial charge in [-0.2, -0.15) is 0 Å². The van der Waals surface area contributed by atoms with Crippen LogP contribution in [0.25, 0.3) is 0 Å². The second kappa shape index (κ2) is 7.61. The summed E-state index contributed by atoms with van der Waals surface area (Å²) in [5, 5.41) is 2.99. The molecule has 0 fully saturated rings. The summed E-state index contributed by atoms with van der Waals surface area (Å²) < 4.78 is 6.73. The Kier molecular flexibility index (Phi) is 6.46. The predicted molar refractivity (Wildman–Crippen MR) is 81.8 cm³/mol. The quantitative estimate of drug-likeness (QED) is 0.790. The van der Waals surface area contributed by atoms with E-state index in [0.717, 1.165) is 22.2 Å². The highest BCUT2D eigenvalue weighted by molar-refractivity contribution is 14.1. The third-order valence-corrected chi connectivity index (χ3v) is 3.48. The standard InChI is InChI=1S/C14H20INO2/c1-4-12(5-2)16-14(17)10(3)18-13-8-6-7-11(15)9-13/h6-10,12H,4-5H2,1-3H3,(H,16,17). The number of halogens is 1. The van der Waals surface area contributed by atoms with E-state index in [1.807, 2.05) is 24.3 Å². The van der Waals surface area contributed by atoms with E-state index in [1.54, 1.807) is 6.92 Å². The lowest BCUT2D eigenvalue weighted by Crippen LogP contribution is -2.42. The Morgan fingerprint density at radius 2 is 2.06 bits per heavy atom. The predicted octanol–water partition coefficient (Wildman–Crippen LogP) is 3.36. The molecule has 0 heterocycles. The van der Waals surface area contributed by atoms with Crippen LogP contribution in [-0.2, 0) is 4.79 Å². The minimum absolute atomic E-state index is 0.0532. The van der Waals surface area contributed by atoms with Gasteiger partial charge in [-0.25, -0.2) is 0 Å². The molecule has 1 rings (SSSR count). The van der Waals surface area contributed by atoms with Crippen LogP contribution in [0.2, 0.25) is 0 Å². The van der Waals surface area contributed by atoms with Gasteiger partial charge in [0.15, 0.2) is 6.10 Å². The number of amides is 1. The van der Waals surface area contributed by atoms with Gasteiger partial charge in [0.1, 0.15) is 5.75 Å². The second-order valence-electron chi connectivity index (χ2n) is 4.24. The molecule has 4 heteroatoms. The lowest BCUT2D eigenvalue weighted by atomic mass is 10.1. The fourth-order valence-electron chi connectivity index (χ4n) is 1.61. The maximum atomic E-state index is 11.9. The Labute approximate surface area is 122 Å². The first-order valence-electron chi connectivity index (χ1n) is 6.29. The molecule has 0 radical (unpaired) electrons. The average Bonchev–Trinajstić information content (AvgIpc) is 2.35. The van der Waals surface area contributed by atoms with Crippen LogP contribution >= 0.6 is 22.6 Å². The van der Waals surface area contributed by atoms with Gasteiger partial charge >= 0.3 is 0 Å². The van der Waals surface area contributed by atoms with E-state index in [-0.39, 0.29) is 11.9 Å². The van der Waals surface area contributed by atoms with E-state index < -0.39 is 6.10 Å². The van der Waals surface area contributed by atoms with E-state index in [4.69, 9.17) is 4.74 Å². The van der Waals surface area contributed by atoms with Crippen molar-refractivity contribution >= 4 is 28.5 Å². The summed E-state index contributed by atoms with van der Waals surface area (Å²) in [6.07, 6.45) is 1.42. The van der Waals surface area contributed by atoms with Crippen molar-refractivity contribution in [2.24, 2.45) is 0 Å². The molecule has 1 atom stereocenters. The minimum atomic E-state index is -0.469. The number of carbonyl (C=O) groups is 1. The molecule has 0 aliphatic heterocycles. The van der Waals surface area contributed by atoms with E-state index in [2.05, 4.69) is 41.8 Å². The second-order valence-corrected chi connectivity index (χ2v) is 5.49. The molecule has 18 heavy (non-hydrogen) atoms. The number of hydrogen-bond donors (Lipinski definition) is 1. The maximum absolute atomic E-state index is 11.9. The first kappa shape index (κ1) is 15.3. The van der Waals surface area contributed by atoms with Crippen LogP contribution in [0, 0.1) is 3.57 Å². The van der Waals surface area contributed by atoms with Crippen molar-refractivity contribution in [1.82, 2.24) is 5.32 Å². The van der Waals surface area contributed by atoms with E-state index in [0.29, 0.717) is 0 Å². The molecule has 1 aromatic rings. The van der Waals surface area contributed by atoms with Gasteiger partial charge in [0.2, 0.25) is 0 Å². The summed E-state index contributed by atoms with van der Waals surface area (Å²) in [5.74, 6) is 0.677. The van der Waals surface area contributed by atoms with Crippen molar-refractivity contribution in [3.05, 3.63) is 27.8 Å². The zero-order chi connectivity index (χ0) is 13.5. The van der Waals surface area contributed by atoms with Gasteiger partial charge in [-0.3, -0.25) is 4.79 Å². The van der Waals surface area contributed by atoms with Crippen molar-refractivity contribution in [3.63, 3.8) is 0 Å². The minimum Gasteiger partial charge on any atom is -0.481 e. The fourth-order valence-corrected chi connectivity index (χ4v) is 2.12. The van der Waals surface area contributed by atoms with E-state index >= 15 is 0 Å². The van der Waals surface area contributed by atoms with Crippen LogP contribution in [-0.4, -0.2) is 18.1 Å². The maximum Gasteiger partial charge on any atom is 0.260 e. The number of hydrogen-bond acceptors (Lipinski definition) is 2. The zero-order valence-electron chi connectivity index (χ0n) is 11.1. The third-order valence-electron chi connectivity index (χ3n) is 2.81. The lowest BCUT2D eigenvalue weighted by molar-refractivity contribution is -0.128. The molecule has 1 amide bonds. The molecular formula is C14H20INO2. The van der Waals surface area contributed by atoms with E-state index in [9.17, 15) is 4.79 Å². The lowest BCUT2D eigenvalue weighted by Gasteiger charge is -2.19. The molecule has 0 saturated carbocycles. The Morgan fingerprint density at radius 1 is 1.39 bits per heavy atom. The smallest absolute Gasteiger partial charge is 0.260 e. The molecule has 0 aliphatic carbocycles. The number of benzene rings is 1. The molecule has 0 aromatic heterocycles. The highest BCUT2D eigenvalue weighted by Gasteiger charge is 2.17. The summed E-state index contributed by atoms with van der Waals surface area (Å²) in [7, 11) is 0. The number of nitrogens with one attached hydrogen (secondary N) is 1. The summed E-state index contributed by atoms with van der Waals surface area (Å²) >= 11 is 2.22. The van der Waals surface area contributed by atoms with Crippen molar-refractivity contribution in [2.45, 2.75) is 45.8 Å². The van der Waals surface area contributed by atoms with Crippen LogP contribution in [0.4, 0.5) is 0 Å². The molecule has 1 unspecified atom stereocenters. The first-order valence-corrected chi connectivity index (χ1v) is 7.37. The van der Waals surface area contributed by atoms with Gasteiger partial charge in [0.25, 0.3) is 5.91 Å². The largest absolute Gasteiger partial charge is 0.481 e. The Hall–Kier alpha value is -0.780. The molecule has 100 valence electrons. The summed E-state index contributed by atoms with van der Waals surface area (Å²) in [5.41, 5.74) is 0. The van der Waals surface area contributed by atoms with Gasteiger partial charge < -0.3 is 10.1 Å². The monoisotopic (exact) mass is 361 g/mol. The topological polar surface area (TPSA) is 38.3 Å². The Balaban J connectivity index is 2.54. The van der Waals surface area contributed by atoms with Gasteiger partial charge in [0.05, 0.1) is 0 Å². The molecule has 0 saturated heterocycles. The zero-order valence-corrected chi connectivity index (χ0v) is 13.2. The van der Waals surface area contributed by atoms with Crippen LogP contribution in [0.3, 0.4) is 0 Å². The van der Waals surface area contributed by atoms with Gasteiger partial charge in [0, 0.05) is 9.61 Å². The van der Waals surface area contributed by atoms with Crippen molar-refractivity contribution in [3.8, 4) is 5.75 Å². The Bertz CT molecular complexity index is 391. The van der Waals surface area contributed by atoms with Crippen LogP contribution in [0.1, 0.15) is 33.6 Å².